The number of rotatable bonds is 6. The molecule has 264 valence electrons. The Morgan fingerprint density at radius 2 is 0.942 bits per heavy atom. The van der Waals surface area contributed by atoms with E-state index in [1.54, 1.807) is 0 Å². The summed E-state index contributed by atoms with van der Waals surface area (Å²) >= 11 is 0. The Balaban J connectivity index is 1.08. The standard InChI is InChI=1S/C35H26N4O11S2/c40-27-5-1-3-23-25(15-17-29(31(23)27)51(45,46)47)38-33(42)19-7-11-21(12-8-19)36-35(44)37-22-13-9-20(10-14-22)34(43)39-26-16-18-30(52(48,49)50)32-24(26)4-2-6-28(32)41/h1-18,27-28,40-41H,(H2,36,37,44)(H,45,46,47)(H,48,49,50). The van der Waals surface area contributed by atoms with Crippen molar-refractivity contribution in [1.82, 2.24) is 0 Å². The highest BCUT2D eigenvalue weighted by molar-refractivity contribution is 7.90. The summed E-state index contributed by atoms with van der Waals surface area (Å²) in [5.74, 6) is -1.39. The molecule has 2 aromatic carbocycles. The normalized spacial score (nSPS) is 21.1. The number of amides is 4. The van der Waals surface area contributed by atoms with Gasteiger partial charge in [0.05, 0.1) is 23.6 Å². The quantitative estimate of drug-likeness (QED) is 0.233. The van der Waals surface area contributed by atoms with E-state index in [0.29, 0.717) is 11.4 Å². The molecule has 0 radical (unpaired) electrons. The molecule has 0 heterocycles. The molecule has 52 heavy (non-hydrogen) atoms. The summed E-state index contributed by atoms with van der Waals surface area (Å²) in [7, 11) is -9.32. The van der Waals surface area contributed by atoms with Gasteiger partial charge in [0.15, 0.2) is 0 Å². The maximum Gasteiger partial charge on any atom is 0.323 e. The molecular formula is C35H26N4O11S2. The number of nitrogens with zero attached hydrogens (tertiary/aromatic N) is 2. The molecule has 2 aromatic rings. The van der Waals surface area contributed by atoms with Crippen LogP contribution in [0.2, 0.25) is 0 Å². The maximum atomic E-state index is 12.9. The number of aliphatic imine (C=N–C) groups is 2. The van der Waals surface area contributed by atoms with Crippen molar-refractivity contribution in [2.24, 2.45) is 9.98 Å². The van der Waals surface area contributed by atoms with E-state index in [2.05, 4.69) is 20.6 Å². The van der Waals surface area contributed by atoms with Crippen LogP contribution in [0.3, 0.4) is 0 Å². The number of aliphatic hydroxyl groups is 2. The van der Waals surface area contributed by atoms with Crippen LogP contribution < -0.4 is 10.6 Å². The molecule has 4 aliphatic carbocycles. The van der Waals surface area contributed by atoms with E-state index in [9.17, 15) is 50.5 Å². The van der Waals surface area contributed by atoms with Gasteiger partial charge in [-0.2, -0.15) is 16.8 Å². The minimum Gasteiger partial charge on any atom is -0.384 e. The summed E-state index contributed by atoms with van der Waals surface area (Å²) in [5, 5.41) is 25.9. The van der Waals surface area contributed by atoms with Gasteiger partial charge in [0, 0.05) is 44.8 Å². The Bertz CT molecular complexity index is 2290. The molecule has 4 aliphatic rings. The second-order valence-corrected chi connectivity index (χ2v) is 14.1. The van der Waals surface area contributed by atoms with Crippen LogP contribution in [0.4, 0.5) is 16.2 Å². The van der Waals surface area contributed by atoms with Crippen LogP contribution in [0.25, 0.3) is 0 Å². The third-order valence-corrected chi connectivity index (χ3v) is 9.76. The lowest BCUT2D eigenvalue weighted by Crippen LogP contribution is -2.24. The molecular weight excluding hydrogens is 717 g/mol. The van der Waals surface area contributed by atoms with Crippen molar-refractivity contribution >= 4 is 60.9 Å². The van der Waals surface area contributed by atoms with Gasteiger partial charge in [-0.15, -0.1) is 0 Å². The number of carbonyl (C=O) groups is 3. The zero-order valence-electron chi connectivity index (χ0n) is 26.4. The number of anilines is 2. The van der Waals surface area contributed by atoms with Crippen LogP contribution in [-0.4, -0.2) is 77.6 Å². The first-order valence-corrected chi connectivity index (χ1v) is 18.0. The smallest absolute Gasteiger partial charge is 0.323 e. The summed E-state index contributed by atoms with van der Waals surface area (Å²) in [6, 6.07) is 10.8. The van der Waals surface area contributed by atoms with E-state index in [4.69, 9.17) is 0 Å². The molecule has 0 saturated carbocycles. The number of aliphatic hydroxyl groups excluding tert-OH is 2. The first-order chi connectivity index (χ1) is 24.6. The molecule has 6 rings (SSSR count). The van der Waals surface area contributed by atoms with E-state index in [0.717, 1.165) is 12.2 Å². The van der Waals surface area contributed by atoms with Crippen LogP contribution in [0, 0.1) is 0 Å². The molecule has 0 fully saturated rings. The predicted molar refractivity (Wildman–Crippen MR) is 191 cm³/mol. The largest absolute Gasteiger partial charge is 0.384 e. The lowest BCUT2D eigenvalue weighted by molar-refractivity contribution is 0.0994. The molecule has 17 heteroatoms. The third kappa shape index (κ3) is 7.54. The number of benzene rings is 2. The van der Waals surface area contributed by atoms with Gasteiger partial charge in [0.25, 0.3) is 32.1 Å². The molecule has 0 aliphatic heterocycles. The summed E-state index contributed by atoms with van der Waals surface area (Å²) in [6.45, 7) is 0. The van der Waals surface area contributed by atoms with Crippen molar-refractivity contribution in [1.29, 1.82) is 0 Å². The van der Waals surface area contributed by atoms with Gasteiger partial charge < -0.3 is 20.8 Å². The molecule has 0 bridgehead atoms. The lowest BCUT2D eigenvalue weighted by Gasteiger charge is -2.23. The second kappa shape index (κ2) is 14.0. The van der Waals surface area contributed by atoms with E-state index >= 15 is 0 Å². The number of hydrogen-bond donors (Lipinski definition) is 6. The lowest BCUT2D eigenvalue weighted by atomic mass is 9.88. The van der Waals surface area contributed by atoms with Gasteiger partial charge in [-0.25, -0.2) is 14.8 Å². The van der Waals surface area contributed by atoms with Gasteiger partial charge in [0.2, 0.25) is 0 Å². The fraction of sp³-hybridized carbons (Fsp3) is 0.0571. The molecule has 6 N–H and O–H groups in total. The van der Waals surface area contributed by atoms with Crippen molar-refractivity contribution in [3.8, 4) is 0 Å². The van der Waals surface area contributed by atoms with Gasteiger partial charge >= 0.3 is 6.03 Å². The number of fused-ring (bicyclic) bond motifs is 2. The number of allylic oxidation sites excluding steroid dienone is 8. The van der Waals surface area contributed by atoms with Crippen LogP contribution in [-0.2, 0) is 20.2 Å². The van der Waals surface area contributed by atoms with Crippen LogP contribution in [0.1, 0.15) is 20.7 Å². The van der Waals surface area contributed by atoms with Crippen molar-refractivity contribution in [3.05, 3.63) is 153 Å². The number of hydrogen-bond acceptors (Lipinski definition) is 9. The third-order valence-electron chi connectivity index (χ3n) is 7.93. The Morgan fingerprint density at radius 3 is 1.29 bits per heavy atom. The molecule has 0 aromatic heterocycles. The molecule has 2 unspecified atom stereocenters. The summed E-state index contributed by atoms with van der Waals surface area (Å²) in [4.78, 5) is 45.6. The Kier molecular flexibility index (Phi) is 9.65. The molecule has 2 atom stereocenters. The molecule has 0 saturated heterocycles. The first-order valence-electron chi connectivity index (χ1n) is 15.1. The molecule has 0 spiro atoms. The van der Waals surface area contributed by atoms with Crippen molar-refractivity contribution in [2.75, 3.05) is 10.6 Å². The minimum absolute atomic E-state index is 0.0720. The van der Waals surface area contributed by atoms with Gasteiger partial charge in [-0.05, 0) is 72.8 Å². The Hall–Kier alpha value is -5.95. The maximum absolute atomic E-state index is 12.9. The predicted octanol–water partition coefficient (Wildman–Crippen LogP) is 3.63. The van der Waals surface area contributed by atoms with E-state index < -0.39 is 60.1 Å². The highest BCUT2D eigenvalue weighted by Crippen LogP contribution is 2.33. The average molecular weight is 743 g/mol. The fourth-order valence-electron chi connectivity index (χ4n) is 5.56. The minimum atomic E-state index is -4.66. The number of urea groups is 1. The first kappa shape index (κ1) is 35.9. The van der Waals surface area contributed by atoms with Crippen molar-refractivity contribution in [2.45, 2.75) is 12.2 Å². The van der Waals surface area contributed by atoms with Crippen LogP contribution in [0.5, 0.6) is 0 Å². The van der Waals surface area contributed by atoms with E-state index in [1.807, 2.05) is 0 Å². The zero-order chi connectivity index (χ0) is 37.4. The topological polar surface area (TPSA) is 249 Å². The Morgan fingerprint density at radius 1 is 0.577 bits per heavy atom. The van der Waals surface area contributed by atoms with Crippen molar-refractivity contribution in [3.63, 3.8) is 0 Å². The van der Waals surface area contributed by atoms with Crippen molar-refractivity contribution < 1.29 is 50.5 Å². The van der Waals surface area contributed by atoms with Gasteiger partial charge in [-0.3, -0.25) is 18.7 Å². The van der Waals surface area contributed by atoms with E-state index in [-0.39, 0.29) is 44.8 Å². The van der Waals surface area contributed by atoms with Crippen LogP contribution in [0.15, 0.2) is 151 Å². The SMILES string of the molecule is O=C(Nc1ccc(C(=O)N=C2C=CC(S(=O)(=O)O)=C3C2=CC=CC3O)cc1)Nc1ccc(C(=O)N=C2C=CC(S(=O)(=O)O)=C3C2=CC=CC3O)cc1. The van der Waals surface area contributed by atoms with E-state index in [1.165, 1.54) is 97.1 Å². The number of nitrogens with one attached hydrogen (secondary N) is 2. The summed E-state index contributed by atoms with van der Waals surface area (Å²) in [6.07, 6.45) is 10.4. The number of carbonyl (C=O) groups excluding carboxylic acids is 3. The Labute approximate surface area is 296 Å². The monoisotopic (exact) mass is 742 g/mol. The fourth-order valence-corrected chi connectivity index (χ4v) is 7.05. The average Bonchev–Trinajstić information content (AvgIpc) is 3.08. The van der Waals surface area contributed by atoms with Crippen LogP contribution >= 0.6 is 0 Å². The summed E-state index contributed by atoms with van der Waals surface area (Å²) in [5.41, 5.74) is 1.14. The van der Waals surface area contributed by atoms with Gasteiger partial charge in [0.1, 0.15) is 9.81 Å². The highest BCUT2D eigenvalue weighted by Gasteiger charge is 2.32. The summed E-state index contributed by atoms with van der Waals surface area (Å²) < 4.78 is 66.4. The highest BCUT2D eigenvalue weighted by atomic mass is 32.2. The molecule has 4 amide bonds. The zero-order valence-corrected chi connectivity index (χ0v) is 28.0. The second-order valence-electron chi connectivity index (χ2n) is 11.3. The molecule has 15 nitrogen and oxygen atoms in total. The van der Waals surface area contributed by atoms with Gasteiger partial charge in [-0.1, -0.05) is 36.5 Å².